The maximum absolute atomic E-state index is 12.8. The Morgan fingerprint density at radius 1 is 1.00 bits per heavy atom. The van der Waals surface area contributed by atoms with E-state index in [9.17, 15) is 19.2 Å². The van der Waals surface area contributed by atoms with Gasteiger partial charge >= 0.3 is 17.7 Å². The van der Waals surface area contributed by atoms with Crippen LogP contribution in [-0.4, -0.2) is 28.2 Å². The van der Waals surface area contributed by atoms with Crippen molar-refractivity contribution in [3.8, 4) is 0 Å². The Labute approximate surface area is 201 Å². The maximum Gasteiger partial charge on any atom is 0.411 e. The van der Waals surface area contributed by atoms with Gasteiger partial charge in [0.1, 0.15) is 29.8 Å². The van der Waals surface area contributed by atoms with Gasteiger partial charge in [-0.25, -0.2) is 14.6 Å². The van der Waals surface area contributed by atoms with Gasteiger partial charge in [0, 0.05) is 34.2 Å². The highest BCUT2D eigenvalue weighted by atomic mass is 16.5. The van der Waals surface area contributed by atoms with Crippen molar-refractivity contribution in [2.24, 2.45) is 0 Å². The number of amides is 1. The van der Waals surface area contributed by atoms with Crippen molar-refractivity contribution in [1.29, 1.82) is 0 Å². The topological polar surface area (TPSA) is 143 Å². The average Bonchev–Trinajstić information content (AvgIpc) is 3.23. The first-order chi connectivity index (χ1) is 17.4. The van der Waals surface area contributed by atoms with Gasteiger partial charge in [0.2, 0.25) is 5.58 Å². The van der Waals surface area contributed by atoms with Crippen molar-refractivity contribution in [2.75, 3.05) is 11.9 Å². The molecule has 1 amide bonds. The fourth-order valence-corrected chi connectivity index (χ4v) is 3.78. The molecule has 0 aliphatic rings. The molecule has 0 aliphatic heterocycles. The summed E-state index contributed by atoms with van der Waals surface area (Å²) in [6.07, 6.45) is 0.619. The van der Waals surface area contributed by atoms with Gasteiger partial charge in [0.05, 0.1) is 12.9 Å². The molecule has 0 unspecified atom stereocenters. The number of anilines is 1. The molecule has 5 aromatic rings. The normalized spacial score (nSPS) is 11.1. The molecule has 11 heteroatoms. The van der Waals surface area contributed by atoms with Crippen LogP contribution in [0.3, 0.4) is 0 Å². The number of ether oxygens (including phenoxy) is 2. The van der Waals surface area contributed by atoms with E-state index in [1.165, 1.54) is 18.5 Å². The first-order valence-electron chi connectivity index (χ1n) is 11.0. The Morgan fingerprint density at radius 3 is 2.67 bits per heavy atom. The third-order valence-corrected chi connectivity index (χ3v) is 5.39. The number of nitrogens with one attached hydrogen (secondary N) is 1. The van der Waals surface area contributed by atoms with Crippen LogP contribution in [0.5, 0.6) is 0 Å². The van der Waals surface area contributed by atoms with Crippen molar-refractivity contribution in [3.05, 3.63) is 81.2 Å². The number of rotatable bonds is 6. The second-order valence-electron chi connectivity index (χ2n) is 7.76. The summed E-state index contributed by atoms with van der Waals surface area (Å²) < 4.78 is 22.1. The molecule has 0 spiro atoms. The zero-order valence-electron chi connectivity index (χ0n) is 19.0. The molecule has 0 atom stereocenters. The Kier molecular flexibility index (Phi) is 5.95. The second-order valence-corrected chi connectivity index (χ2v) is 7.76. The lowest BCUT2D eigenvalue weighted by Crippen LogP contribution is -2.25. The first-order valence-corrected chi connectivity index (χ1v) is 11.0. The molecule has 0 aliphatic carbocycles. The van der Waals surface area contributed by atoms with Crippen LogP contribution in [-0.2, 0) is 27.4 Å². The minimum absolute atomic E-state index is 0.0467. The summed E-state index contributed by atoms with van der Waals surface area (Å²) in [5.74, 6) is -0.712. The van der Waals surface area contributed by atoms with Crippen molar-refractivity contribution < 1.29 is 27.9 Å². The number of hydrogen-bond acceptors (Lipinski definition) is 9. The number of nitrogens with zero attached hydrogens (tertiary/aromatic N) is 2. The summed E-state index contributed by atoms with van der Waals surface area (Å²) >= 11 is 0. The highest BCUT2D eigenvalue weighted by Gasteiger charge is 2.16. The van der Waals surface area contributed by atoms with Crippen molar-refractivity contribution in [1.82, 2.24) is 9.55 Å². The smallest absolute Gasteiger partial charge is 0.411 e. The number of para-hydroxylation sites is 1. The molecule has 5 rings (SSSR count). The van der Waals surface area contributed by atoms with Gasteiger partial charge in [-0.15, -0.1) is 0 Å². The van der Waals surface area contributed by atoms with Crippen LogP contribution in [0.1, 0.15) is 12.5 Å². The number of benzene rings is 2. The summed E-state index contributed by atoms with van der Waals surface area (Å²) in [5, 5.41) is 3.74. The molecule has 11 nitrogen and oxygen atoms in total. The van der Waals surface area contributed by atoms with E-state index in [0.717, 1.165) is 4.57 Å². The van der Waals surface area contributed by atoms with E-state index >= 15 is 0 Å². The van der Waals surface area contributed by atoms with Crippen LogP contribution in [0.15, 0.2) is 73.3 Å². The number of furan rings is 1. The van der Waals surface area contributed by atoms with Gasteiger partial charge in [-0.05, 0) is 31.2 Å². The molecular formula is C25H19N3O8. The van der Waals surface area contributed by atoms with Crippen molar-refractivity contribution >= 4 is 50.8 Å². The third-order valence-electron chi connectivity index (χ3n) is 5.39. The molecule has 0 bridgehead atoms. The first kappa shape index (κ1) is 22.8. The number of esters is 1. The number of carbonyl (C=O) groups excluding carboxylic acids is 2. The van der Waals surface area contributed by atoms with Crippen molar-refractivity contribution in [3.63, 3.8) is 0 Å². The molecule has 3 aromatic heterocycles. The van der Waals surface area contributed by atoms with E-state index in [4.69, 9.17) is 18.3 Å². The standard InChI is InChI=1S/C25H19N3O8/c1-2-33-25(32)27-15-7-8-16-14(9-20(29)35-19(16)10-15)12-34-21(30)11-28-13-26-22-17-5-3-4-6-18(17)36-23(22)24(28)31/h3-10,13H,2,11-12H2,1H3,(H,27,32). The number of fused-ring (bicyclic) bond motifs is 4. The molecular weight excluding hydrogens is 470 g/mol. The molecule has 36 heavy (non-hydrogen) atoms. The molecule has 2 aromatic carbocycles. The number of hydrogen-bond donors (Lipinski definition) is 1. The molecule has 182 valence electrons. The molecule has 1 N–H and O–H groups in total. The number of carbonyl (C=O) groups is 2. The quantitative estimate of drug-likeness (QED) is 0.280. The maximum atomic E-state index is 12.8. The molecule has 0 saturated heterocycles. The van der Waals surface area contributed by atoms with Gasteiger partial charge in [-0.2, -0.15) is 0 Å². The average molecular weight is 489 g/mol. The molecule has 3 heterocycles. The fraction of sp³-hybridized carbons (Fsp3) is 0.160. The lowest BCUT2D eigenvalue weighted by atomic mass is 10.1. The lowest BCUT2D eigenvalue weighted by Gasteiger charge is -2.10. The van der Waals surface area contributed by atoms with Crippen LogP contribution < -0.4 is 16.5 Å². The fourth-order valence-electron chi connectivity index (χ4n) is 3.78. The zero-order chi connectivity index (χ0) is 25.2. The van der Waals surface area contributed by atoms with Crippen LogP contribution in [0.2, 0.25) is 0 Å². The van der Waals surface area contributed by atoms with Gasteiger partial charge < -0.3 is 18.3 Å². The summed E-state index contributed by atoms with van der Waals surface area (Å²) in [5.41, 5.74) is 0.774. The summed E-state index contributed by atoms with van der Waals surface area (Å²) in [6, 6.07) is 13.0. The lowest BCUT2D eigenvalue weighted by molar-refractivity contribution is -0.145. The van der Waals surface area contributed by atoms with Crippen LogP contribution in [0, 0.1) is 0 Å². The zero-order valence-corrected chi connectivity index (χ0v) is 19.0. The SMILES string of the molecule is CCOC(=O)Nc1ccc2c(COC(=O)Cn3cnc4c(oc5ccccc54)c3=O)cc(=O)oc2c1. The Morgan fingerprint density at radius 2 is 1.83 bits per heavy atom. The second kappa shape index (κ2) is 9.37. The van der Waals surface area contributed by atoms with Crippen molar-refractivity contribution in [2.45, 2.75) is 20.1 Å². The third kappa shape index (κ3) is 4.41. The highest BCUT2D eigenvalue weighted by molar-refractivity contribution is 6.01. The van der Waals surface area contributed by atoms with E-state index in [1.54, 1.807) is 37.3 Å². The van der Waals surface area contributed by atoms with E-state index in [0.29, 0.717) is 33.1 Å². The molecule has 0 radical (unpaired) electrons. The predicted molar refractivity (Wildman–Crippen MR) is 129 cm³/mol. The van der Waals surface area contributed by atoms with E-state index in [1.807, 2.05) is 6.07 Å². The van der Waals surface area contributed by atoms with Gasteiger partial charge in [-0.3, -0.25) is 19.5 Å². The largest absolute Gasteiger partial charge is 0.459 e. The Balaban J connectivity index is 1.33. The summed E-state index contributed by atoms with van der Waals surface area (Å²) in [4.78, 5) is 53.2. The van der Waals surface area contributed by atoms with Crippen LogP contribution in [0.4, 0.5) is 10.5 Å². The minimum atomic E-state index is -0.712. The van der Waals surface area contributed by atoms with Gasteiger partial charge in [0.25, 0.3) is 5.56 Å². The van der Waals surface area contributed by atoms with Gasteiger partial charge in [0.15, 0.2) is 0 Å². The van der Waals surface area contributed by atoms with E-state index < -0.39 is 29.8 Å². The monoisotopic (exact) mass is 489 g/mol. The van der Waals surface area contributed by atoms with E-state index in [-0.39, 0.29) is 24.4 Å². The summed E-state index contributed by atoms with van der Waals surface area (Å²) in [6.45, 7) is 1.25. The predicted octanol–water partition coefficient (Wildman–Crippen LogP) is 3.56. The molecule has 0 saturated carbocycles. The minimum Gasteiger partial charge on any atom is -0.459 e. The number of aromatic nitrogens is 2. The summed E-state index contributed by atoms with van der Waals surface area (Å²) in [7, 11) is 0. The van der Waals surface area contributed by atoms with E-state index in [2.05, 4.69) is 10.3 Å². The Hall–Kier alpha value is -4.93. The van der Waals surface area contributed by atoms with Crippen LogP contribution >= 0.6 is 0 Å². The molecule has 0 fully saturated rings. The van der Waals surface area contributed by atoms with Gasteiger partial charge in [-0.1, -0.05) is 12.1 Å². The Bertz CT molecular complexity index is 1750. The highest BCUT2D eigenvalue weighted by Crippen LogP contribution is 2.24. The van der Waals surface area contributed by atoms with Crippen LogP contribution in [0.25, 0.3) is 33.0 Å².